The molecule has 0 saturated carbocycles. The van der Waals surface area contributed by atoms with E-state index in [1.807, 2.05) is 7.05 Å². The first-order valence-corrected chi connectivity index (χ1v) is 6.57. The second-order valence-electron chi connectivity index (χ2n) is 5.05. The summed E-state index contributed by atoms with van der Waals surface area (Å²) < 4.78 is 37.3. The zero-order valence-electron chi connectivity index (χ0n) is 11.0. The van der Waals surface area contributed by atoms with Gasteiger partial charge in [-0.3, -0.25) is 5.43 Å². The van der Waals surface area contributed by atoms with Crippen LogP contribution in [0.3, 0.4) is 0 Å². The molecule has 0 aliphatic carbocycles. The number of hydrogen-bond acceptors (Lipinski definition) is 2. The molecule has 1 heterocycles. The van der Waals surface area contributed by atoms with E-state index >= 15 is 0 Å². The fourth-order valence-corrected chi connectivity index (χ4v) is 2.52. The van der Waals surface area contributed by atoms with Gasteiger partial charge < -0.3 is 0 Å². The minimum atomic E-state index is -4.24. The van der Waals surface area contributed by atoms with Crippen LogP contribution in [0.4, 0.5) is 13.2 Å². The van der Waals surface area contributed by atoms with Crippen LogP contribution < -0.4 is 5.43 Å². The summed E-state index contributed by atoms with van der Waals surface area (Å²) in [7, 11) is 1.91. The van der Waals surface area contributed by atoms with Crippen molar-refractivity contribution in [3.63, 3.8) is 0 Å². The lowest BCUT2D eigenvalue weighted by atomic mass is 9.90. The summed E-state index contributed by atoms with van der Waals surface area (Å²) >= 11 is 0. The Bertz CT molecular complexity index is 392. The first kappa shape index (κ1) is 14.3. The van der Waals surface area contributed by atoms with Crippen molar-refractivity contribution in [3.8, 4) is 0 Å². The molecule has 1 saturated heterocycles. The normalized spacial score (nSPS) is 18.7. The maximum absolute atomic E-state index is 12.4. The molecule has 0 amide bonds. The van der Waals surface area contributed by atoms with E-state index < -0.39 is 11.7 Å². The van der Waals surface area contributed by atoms with E-state index in [0.717, 1.165) is 37.9 Å². The summed E-state index contributed by atoms with van der Waals surface area (Å²) in [6.07, 6.45) is -1.20. The van der Waals surface area contributed by atoms with Gasteiger partial charge in [0.15, 0.2) is 0 Å². The Hall–Kier alpha value is -1.07. The quantitative estimate of drug-likeness (QED) is 0.909. The maximum Gasteiger partial charge on any atom is 0.416 e. The number of piperidine rings is 1. The molecule has 5 heteroatoms. The van der Waals surface area contributed by atoms with E-state index in [1.165, 1.54) is 12.1 Å². The third kappa shape index (κ3) is 3.94. The number of nitrogens with zero attached hydrogens (tertiary/aromatic N) is 1. The Labute approximate surface area is 111 Å². The molecule has 0 radical (unpaired) electrons. The lowest BCUT2D eigenvalue weighted by Crippen LogP contribution is -2.41. The number of nitrogens with one attached hydrogen (secondary N) is 1. The van der Waals surface area contributed by atoms with E-state index in [4.69, 9.17) is 0 Å². The molecule has 2 rings (SSSR count). The SMILES string of the molecule is CNN1CCC(Cc2ccc(C(F)(F)F)cc2)CC1. The van der Waals surface area contributed by atoms with E-state index in [-0.39, 0.29) is 0 Å². The predicted octanol–water partition coefficient (Wildman–Crippen LogP) is 3.09. The first-order chi connectivity index (χ1) is 8.99. The second-order valence-corrected chi connectivity index (χ2v) is 5.05. The van der Waals surface area contributed by atoms with Gasteiger partial charge in [-0.15, -0.1) is 0 Å². The minimum absolute atomic E-state index is 0.568. The molecule has 19 heavy (non-hydrogen) atoms. The zero-order chi connectivity index (χ0) is 13.9. The van der Waals surface area contributed by atoms with Crippen molar-refractivity contribution >= 4 is 0 Å². The van der Waals surface area contributed by atoms with Crippen LogP contribution in [0.1, 0.15) is 24.0 Å². The van der Waals surface area contributed by atoms with Gasteiger partial charge in [0.2, 0.25) is 0 Å². The van der Waals surface area contributed by atoms with Crippen molar-refractivity contribution in [2.24, 2.45) is 5.92 Å². The van der Waals surface area contributed by atoms with Gasteiger partial charge in [-0.1, -0.05) is 12.1 Å². The lowest BCUT2D eigenvalue weighted by Gasteiger charge is -2.31. The van der Waals surface area contributed by atoms with Gasteiger partial charge in [-0.05, 0) is 49.9 Å². The minimum Gasteiger partial charge on any atom is -0.258 e. The first-order valence-electron chi connectivity index (χ1n) is 6.57. The van der Waals surface area contributed by atoms with Gasteiger partial charge in [0.05, 0.1) is 5.56 Å². The van der Waals surface area contributed by atoms with Crippen LogP contribution in [-0.4, -0.2) is 25.1 Å². The van der Waals surface area contributed by atoms with Crippen LogP contribution in [0.5, 0.6) is 0 Å². The highest BCUT2D eigenvalue weighted by molar-refractivity contribution is 5.24. The van der Waals surface area contributed by atoms with Gasteiger partial charge in [-0.25, -0.2) is 5.01 Å². The van der Waals surface area contributed by atoms with E-state index in [1.54, 1.807) is 12.1 Å². The van der Waals surface area contributed by atoms with Crippen LogP contribution >= 0.6 is 0 Å². The zero-order valence-corrected chi connectivity index (χ0v) is 11.0. The van der Waals surface area contributed by atoms with Crippen molar-refractivity contribution in [1.82, 2.24) is 10.4 Å². The summed E-state index contributed by atoms with van der Waals surface area (Å²) in [5.41, 5.74) is 3.55. The molecular formula is C14H19F3N2. The third-order valence-corrected chi connectivity index (χ3v) is 3.74. The number of rotatable bonds is 3. The molecule has 106 valence electrons. The van der Waals surface area contributed by atoms with Crippen LogP contribution in [0.25, 0.3) is 0 Å². The van der Waals surface area contributed by atoms with Crippen molar-refractivity contribution in [2.45, 2.75) is 25.4 Å². The molecule has 1 aromatic carbocycles. The molecule has 0 atom stereocenters. The van der Waals surface area contributed by atoms with Gasteiger partial charge in [0, 0.05) is 13.1 Å². The summed E-state index contributed by atoms with van der Waals surface area (Å²) in [4.78, 5) is 0. The molecular weight excluding hydrogens is 253 g/mol. The molecule has 0 aromatic heterocycles. The fourth-order valence-electron chi connectivity index (χ4n) is 2.52. The Morgan fingerprint density at radius 1 is 1.16 bits per heavy atom. The van der Waals surface area contributed by atoms with Gasteiger partial charge in [-0.2, -0.15) is 13.2 Å². The molecule has 1 N–H and O–H groups in total. The van der Waals surface area contributed by atoms with Crippen molar-refractivity contribution in [3.05, 3.63) is 35.4 Å². The topological polar surface area (TPSA) is 15.3 Å². The number of halogens is 3. The standard InChI is InChI=1S/C14H19F3N2/c1-18-19-8-6-12(7-9-19)10-11-2-4-13(5-3-11)14(15,16)17/h2-5,12,18H,6-10H2,1H3. The van der Waals surface area contributed by atoms with Crippen molar-refractivity contribution in [2.75, 3.05) is 20.1 Å². The Balaban J connectivity index is 1.90. The smallest absolute Gasteiger partial charge is 0.258 e. The number of benzene rings is 1. The molecule has 1 aliphatic heterocycles. The second kappa shape index (κ2) is 5.92. The fraction of sp³-hybridized carbons (Fsp3) is 0.571. The number of hydrazine groups is 1. The van der Waals surface area contributed by atoms with Gasteiger partial charge in [0.25, 0.3) is 0 Å². The van der Waals surface area contributed by atoms with Crippen LogP contribution in [0.2, 0.25) is 0 Å². The Kier molecular flexibility index (Phi) is 4.47. The van der Waals surface area contributed by atoms with E-state index in [0.29, 0.717) is 5.92 Å². The number of hydrogen-bond donors (Lipinski definition) is 1. The summed E-state index contributed by atoms with van der Waals surface area (Å²) in [5, 5.41) is 2.17. The average Bonchev–Trinajstić information content (AvgIpc) is 2.39. The molecule has 0 bridgehead atoms. The summed E-state index contributed by atoms with van der Waals surface area (Å²) in [6, 6.07) is 5.57. The van der Waals surface area contributed by atoms with Gasteiger partial charge >= 0.3 is 6.18 Å². The van der Waals surface area contributed by atoms with Crippen LogP contribution in [-0.2, 0) is 12.6 Å². The molecule has 1 fully saturated rings. The third-order valence-electron chi connectivity index (χ3n) is 3.74. The monoisotopic (exact) mass is 272 g/mol. The summed E-state index contributed by atoms with van der Waals surface area (Å²) in [5.74, 6) is 0.571. The van der Waals surface area contributed by atoms with Crippen molar-refractivity contribution < 1.29 is 13.2 Å². The van der Waals surface area contributed by atoms with Crippen molar-refractivity contribution in [1.29, 1.82) is 0 Å². The molecule has 0 unspecified atom stereocenters. The largest absolute Gasteiger partial charge is 0.416 e. The maximum atomic E-state index is 12.4. The Morgan fingerprint density at radius 2 is 1.74 bits per heavy atom. The highest BCUT2D eigenvalue weighted by Gasteiger charge is 2.30. The van der Waals surface area contributed by atoms with Gasteiger partial charge in [0.1, 0.15) is 0 Å². The molecule has 1 aliphatic rings. The number of alkyl halides is 3. The van der Waals surface area contributed by atoms with Crippen LogP contribution in [0, 0.1) is 5.92 Å². The van der Waals surface area contributed by atoms with E-state index in [9.17, 15) is 13.2 Å². The Morgan fingerprint density at radius 3 is 2.21 bits per heavy atom. The average molecular weight is 272 g/mol. The molecule has 1 aromatic rings. The lowest BCUT2D eigenvalue weighted by molar-refractivity contribution is -0.137. The van der Waals surface area contributed by atoms with Crippen LogP contribution in [0.15, 0.2) is 24.3 Å². The predicted molar refractivity (Wildman–Crippen MR) is 68.5 cm³/mol. The highest BCUT2D eigenvalue weighted by Crippen LogP contribution is 2.30. The highest BCUT2D eigenvalue weighted by atomic mass is 19.4. The molecule has 0 spiro atoms. The van der Waals surface area contributed by atoms with E-state index in [2.05, 4.69) is 10.4 Å². The molecule has 2 nitrogen and oxygen atoms in total. The summed E-state index contributed by atoms with van der Waals surface area (Å²) in [6.45, 7) is 2.00.